The van der Waals surface area contributed by atoms with Gasteiger partial charge in [-0.15, -0.1) is 0 Å². The lowest BCUT2D eigenvalue weighted by Crippen LogP contribution is -2.45. The number of benzene rings is 1. The summed E-state index contributed by atoms with van der Waals surface area (Å²) in [4.78, 5) is 28.5. The van der Waals surface area contributed by atoms with E-state index >= 15 is 0 Å². The van der Waals surface area contributed by atoms with Crippen LogP contribution in [0.5, 0.6) is 0 Å². The molecule has 1 aromatic carbocycles. The standard InChI is InChI=1S/C18H26FN3O2/c1-21(2)11-4-10-20-17(23)15-5-3-12-22(13-15)18(24)14-6-8-16(19)9-7-14/h6-9,15H,3-5,10-13H2,1-2H3,(H,20,23). The van der Waals surface area contributed by atoms with Crippen LogP contribution in [0, 0.1) is 11.7 Å². The molecule has 6 heteroatoms. The van der Waals surface area contributed by atoms with E-state index in [4.69, 9.17) is 0 Å². The molecular weight excluding hydrogens is 309 g/mol. The third-order valence-electron chi connectivity index (χ3n) is 4.25. The Morgan fingerprint density at radius 2 is 2.00 bits per heavy atom. The zero-order valence-corrected chi connectivity index (χ0v) is 14.4. The van der Waals surface area contributed by atoms with E-state index < -0.39 is 0 Å². The van der Waals surface area contributed by atoms with Crippen molar-refractivity contribution in [2.45, 2.75) is 19.3 Å². The average molecular weight is 335 g/mol. The molecule has 0 saturated carbocycles. The molecule has 1 N–H and O–H groups in total. The number of piperidine rings is 1. The molecular formula is C18H26FN3O2. The molecule has 1 saturated heterocycles. The van der Waals surface area contributed by atoms with Crippen molar-refractivity contribution in [3.8, 4) is 0 Å². The van der Waals surface area contributed by atoms with E-state index in [-0.39, 0.29) is 23.5 Å². The Hall–Kier alpha value is -1.95. The minimum Gasteiger partial charge on any atom is -0.356 e. The Balaban J connectivity index is 1.85. The maximum absolute atomic E-state index is 13.0. The molecule has 1 fully saturated rings. The van der Waals surface area contributed by atoms with Crippen LogP contribution in [-0.4, -0.2) is 61.9 Å². The van der Waals surface area contributed by atoms with Crippen LogP contribution in [0.3, 0.4) is 0 Å². The summed E-state index contributed by atoms with van der Waals surface area (Å²) in [5.41, 5.74) is 0.462. The second kappa shape index (κ2) is 8.78. The third kappa shape index (κ3) is 5.30. The van der Waals surface area contributed by atoms with Gasteiger partial charge in [0, 0.05) is 25.2 Å². The van der Waals surface area contributed by atoms with Crippen LogP contribution in [-0.2, 0) is 4.79 Å². The zero-order valence-electron chi connectivity index (χ0n) is 14.4. The van der Waals surface area contributed by atoms with Crippen molar-refractivity contribution < 1.29 is 14.0 Å². The van der Waals surface area contributed by atoms with E-state index in [0.29, 0.717) is 25.2 Å². The first-order chi connectivity index (χ1) is 11.5. The van der Waals surface area contributed by atoms with Gasteiger partial charge >= 0.3 is 0 Å². The lowest BCUT2D eigenvalue weighted by molar-refractivity contribution is -0.126. The van der Waals surface area contributed by atoms with Crippen molar-refractivity contribution in [3.05, 3.63) is 35.6 Å². The van der Waals surface area contributed by atoms with Crippen LogP contribution in [0.4, 0.5) is 4.39 Å². The Morgan fingerprint density at radius 3 is 2.67 bits per heavy atom. The van der Waals surface area contributed by atoms with Crippen molar-refractivity contribution in [1.29, 1.82) is 0 Å². The molecule has 0 radical (unpaired) electrons. The number of carbonyl (C=O) groups is 2. The molecule has 0 aliphatic carbocycles. The monoisotopic (exact) mass is 335 g/mol. The third-order valence-corrected chi connectivity index (χ3v) is 4.25. The summed E-state index contributed by atoms with van der Waals surface area (Å²) in [5, 5.41) is 2.96. The first kappa shape index (κ1) is 18.4. The summed E-state index contributed by atoms with van der Waals surface area (Å²) in [5.74, 6) is -0.645. The average Bonchev–Trinajstić information content (AvgIpc) is 2.58. The van der Waals surface area contributed by atoms with Crippen LogP contribution in [0.25, 0.3) is 0 Å². The van der Waals surface area contributed by atoms with Gasteiger partial charge in [0.15, 0.2) is 0 Å². The van der Waals surface area contributed by atoms with Crippen molar-refractivity contribution in [1.82, 2.24) is 15.1 Å². The van der Waals surface area contributed by atoms with Gasteiger partial charge < -0.3 is 15.1 Å². The normalized spacial score (nSPS) is 17.8. The van der Waals surface area contributed by atoms with Gasteiger partial charge in [0.2, 0.25) is 5.91 Å². The first-order valence-electron chi connectivity index (χ1n) is 8.44. The molecule has 0 aromatic heterocycles. The maximum atomic E-state index is 13.0. The van der Waals surface area contributed by atoms with Crippen molar-refractivity contribution >= 4 is 11.8 Å². The Kier molecular flexibility index (Phi) is 6.73. The molecule has 2 rings (SSSR count). The largest absolute Gasteiger partial charge is 0.356 e. The first-order valence-corrected chi connectivity index (χ1v) is 8.44. The molecule has 1 unspecified atom stereocenters. The van der Waals surface area contributed by atoms with E-state index in [1.165, 1.54) is 24.3 Å². The quantitative estimate of drug-likeness (QED) is 0.806. The highest BCUT2D eigenvalue weighted by Crippen LogP contribution is 2.19. The number of rotatable bonds is 6. The molecule has 132 valence electrons. The fraction of sp³-hybridized carbons (Fsp3) is 0.556. The van der Waals surface area contributed by atoms with Gasteiger partial charge in [-0.05, 0) is 64.2 Å². The predicted molar refractivity (Wildman–Crippen MR) is 91.2 cm³/mol. The number of amides is 2. The number of likely N-dealkylation sites (tertiary alicyclic amines) is 1. The second-order valence-electron chi connectivity index (χ2n) is 6.55. The zero-order chi connectivity index (χ0) is 17.5. The molecule has 1 atom stereocenters. The van der Waals surface area contributed by atoms with Gasteiger partial charge in [-0.1, -0.05) is 0 Å². The van der Waals surface area contributed by atoms with Gasteiger partial charge in [0.1, 0.15) is 5.82 Å². The predicted octanol–water partition coefficient (Wildman–Crippen LogP) is 1.75. The highest BCUT2D eigenvalue weighted by molar-refractivity contribution is 5.94. The van der Waals surface area contributed by atoms with E-state index in [1.807, 2.05) is 14.1 Å². The Bertz CT molecular complexity index is 560. The maximum Gasteiger partial charge on any atom is 0.253 e. The topological polar surface area (TPSA) is 52.7 Å². The number of halogens is 1. The smallest absolute Gasteiger partial charge is 0.253 e. The number of nitrogens with zero attached hydrogens (tertiary/aromatic N) is 2. The van der Waals surface area contributed by atoms with Gasteiger partial charge in [-0.3, -0.25) is 9.59 Å². The Morgan fingerprint density at radius 1 is 1.29 bits per heavy atom. The van der Waals surface area contributed by atoms with Crippen LogP contribution >= 0.6 is 0 Å². The second-order valence-corrected chi connectivity index (χ2v) is 6.55. The lowest BCUT2D eigenvalue weighted by atomic mass is 9.96. The van der Waals surface area contributed by atoms with Crippen LogP contribution in [0.15, 0.2) is 24.3 Å². The van der Waals surface area contributed by atoms with Gasteiger partial charge in [-0.2, -0.15) is 0 Å². The molecule has 1 aromatic rings. The molecule has 0 bridgehead atoms. The van der Waals surface area contributed by atoms with Crippen molar-refractivity contribution in [3.63, 3.8) is 0 Å². The molecule has 0 spiro atoms. The SMILES string of the molecule is CN(C)CCCNC(=O)C1CCCN(C(=O)c2ccc(F)cc2)C1. The van der Waals surface area contributed by atoms with Crippen LogP contribution in [0.1, 0.15) is 29.6 Å². The summed E-state index contributed by atoms with van der Waals surface area (Å²) in [6, 6.07) is 5.55. The van der Waals surface area contributed by atoms with E-state index in [0.717, 1.165) is 25.8 Å². The van der Waals surface area contributed by atoms with Crippen molar-refractivity contribution in [2.75, 3.05) is 40.3 Å². The van der Waals surface area contributed by atoms with Crippen molar-refractivity contribution in [2.24, 2.45) is 5.92 Å². The fourth-order valence-electron chi connectivity index (χ4n) is 2.90. The minimum atomic E-state index is -0.361. The number of carbonyl (C=O) groups excluding carboxylic acids is 2. The summed E-state index contributed by atoms with van der Waals surface area (Å²) in [7, 11) is 4.00. The molecule has 1 heterocycles. The lowest BCUT2D eigenvalue weighted by Gasteiger charge is -2.32. The number of hydrogen-bond acceptors (Lipinski definition) is 3. The van der Waals surface area contributed by atoms with E-state index in [2.05, 4.69) is 10.2 Å². The van der Waals surface area contributed by atoms with Gasteiger partial charge in [0.05, 0.1) is 5.92 Å². The van der Waals surface area contributed by atoms with Crippen LogP contribution in [0.2, 0.25) is 0 Å². The Labute approximate surface area is 142 Å². The van der Waals surface area contributed by atoms with Gasteiger partial charge in [0.25, 0.3) is 5.91 Å². The summed E-state index contributed by atoms with van der Waals surface area (Å²) >= 11 is 0. The highest BCUT2D eigenvalue weighted by atomic mass is 19.1. The molecule has 2 amide bonds. The van der Waals surface area contributed by atoms with Gasteiger partial charge in [-0.25, -0.2) is 4.39 Å². The molecule has 1 aliphatic heterocycles. The summed E-state index contributed by atoms with van der Waals surface area (Å²) < 4.78 is 13.0. The fourth-order valence-corrected chi connectivity index (χ4v) is 2.90. The summed E-state index contributed by atoms with van der Waals surface area (Å²) in [6.07, 6.45) is 2.51. The van der Waals surface area contributed by atoms with Crippen LogP contribution < -0.4 is 5.32 Å². The number of hydrogen-bond donors (Lipinski definition) is 1. The molecule has 1 aliphatic rings. The summed E-state index contributed by atoms with van der Waals surface area (Å²) in [6.45, 7) is 2.65. The van der Waals surface area contributed by atoms with E-state index in [1.54, 1.807) is 4.90 Å². The minimum absolute atomic E-state index is 0.0189. The number of nitrogens with one attached hydrogen (secondary N) is 1. The highest BCUT2D eigenvalue weighted by Gasteiger charge is 2.28. The molecule has 5 nitrogen and oxygen atoms in total. The molecule has 24 heavy (non-hydrogen) atoms. The van der Waals surface area contributed by atoms with E-state index in [9.17, 15) is 14.0 Å².